The van der Waals surface area contributed by atoms with Crippen molar-refractivity contribution in [2.75, 3.05) is 6.54 Å². The minimum Gasteiger partial charge on any atom is -0.428 e. The highest BCUT2D eigenvalue weighted by Gasteiger charge is 2.38. The van der Waals surface area contributed by atoms with Crippen molar-refractivity contribution in [2.45, 2.75) is 12.5 Å². The fourth-order valence-electron chi connectivity index (χ4n) is 3.92. The summed E-state index contributed by atoms with van der Waals surface area (Å²) in [5, 5.41) is 0.813. The number of nitrogens with zero attached hydrogens (tertiary/aromatic N) is 5. The summed E-state index contributed by atoms with van der Waals surface area (Å²) in [7, 11) is 0. The summed E-state index contributed by atoms with van der Waals surface area (Å²) in [5.74, 6) is 0.148. The maximum Gasteiger partial charge on any atom is 0.293 e. The molecule has 32 heavy (non-hydrogen) atoms. The van der Waals surface area contributed by atoms with Crippen LogP contribution in [0.5, 0.6) is 0 Å². The van der Waals surface area contributed by atoms with Crippen LogP contribution in [0.4, 0.5) is 0 Å². The van der Waals surface area contributed by atoms with E-state index in [4.69, 9.17) is 9.40 Å². The fourth-order valence-corrected chi connectivity index (χ4v) is 5.41. The summed E-state index contributed by atoms with van der Waals surface area (Å²) in [6, 6.07) is 13.0. The van der Waals surface area contributed by atoms with Gasteiger partial charge in [0.1, 0.15) is 16.7 Å². The van der Waals surface area contributed by atoms with Crippen LogP contribution in [-0.4, -0.2) is 42.3 Å². The number of thiazole rings is 1. The van der Waals surface area contributed by atoms with Crippen molar-refractivity contribution in [1.82, 2.24) is 29.8 Å². The summed E-state index contributed by atoms with van der Waals surface area (Å²) in [5.41, 5.74) is 3.29. The van der Waals surface area contributed by atoms with Crippen LogP contribution in [-0.2, 0) is 6.42 Å². The number of rotatable bonds is 3. The highest BCUT2D eigenvalue weighted by molar-refractivity contribution is 9.10. The summed E-state index contributed by atoms with van der Waals surface area (Å²) in [6.45, 7) is 0.501. The molecular weight excluding hydrogens is 492 g/mol. The Kier molecular flexibility index (Phi) is 4.62. The van der Waals surface area contributed by atoms with Crippen molar-refractivity contribution in [1.29, 1.82) is 0 Å². The summed E-state index contributed by atoms with van der Waals surface area (Å²) < 4.78 is 7.28. The number of fused-ring (bicyclic) bond motifs is 2. The first kappa shape index (κ1) is 19.3. The number of pyridine rings is 1. The first-order chi connectivity index (χ1) is 15.7. The smallest absolute Gasteiger partial charge is 0.293 e. The number of carbonyl (C=O) groups is 1. The average Bonchev–Trinajstić information content (AvgIpc) is 3.56. The molecule has 158 valence electrons. The Labute approximate surface area is 194 Å². The van der Waals surface area contributed by atoms with E-state index in [1.54, 1.807) is 34.8 Å². The van der Waals surface area contributed by atoms with E-state index in [1.165, 1.54) is 0 Å². The molecule has 1 amide bonds. The molecule has 0 fully saturated rings. The van der Waals surface area contributed by atoms with Gasteiger partial charge in [-0.05, 0) is 40.2 Å². The molecule has 0 aliphatic carbocycles. The van der Waals surface area contributed by atoms with Gasteiger partial charge < -0.3 is 14.3 Å². The monoisotopic (exact) mass is 506 g/mol. The van der Waals surface area contributed by atoms with Gasteiger partial charge >= 0.3 is 0 Å². The molecule has 5 heterocycles. The fraction of sp³-hybridized carbons (Fsp3) is 0.136. The second-order valence-corrected chi connectivity index (χ2v) is 9.10. The molecule has 0 saturated carbocycles. The average molecular weight is 507 g/mol. The molecule has 1 aliphatic heterocycles. The van der Waals surface area contributed by atoms with Gasteiger partial charge in [-0.25, -0.2) is 9.97 Å². The van der Waals surface area contributed by atoms with E-state index >= 15 is 0 Å². The van der Waals surface area contributed by atoms with Crippen LogP contribution >= 0.6 is 27.3 Å². The number of oxazole rings is 1. The van der Waals surface area contributed by atoms with Crippen molar-refractivity contribution in [3.8, 4) is 11.6 Å². The molecule has 10 heteroatoms. The third kappa shape index (κ3) is 3.14. The molecule has 0 saturated heterocycles. The van der Waals surface area contributed by atoms with E-state index in [0.717, 1.165) is 26.6 Å². The Hall–Kier alpha value is -3.37. The number of aromatic amines is 1. The topological polar surface area (TPSA) is 101 Å². The normalized spacial score (nSPS) is 15.8. The Balaban J connectivity index is 1.43. The van der Waals surface area contributed by atoms with Crippen molar-refractivity contribution in [3.05, 3.63) is 81.7 Å². The van der Waals surface area contributed by atoms with Gasteiger partial charge in [-0.1, -0.05) is 18.2 Å². The number of hydrogen-bond donors (Lipinski definition) is 1. The van der Waals surface area contributed by atoms with Gasteiger partial charge in [0, 0.05) is 24.9 Å². The van der Waals surface area contributed by atoms with Gasteiger partial charge in [0.15, 0.2) is 4.60 Å². The van der Waals surface area contributed by atoms with Gasteiger partial charge in [-0.3, -0.25) is 9.78 Å². The van der Waals surface area contributed by atoms with Gasteiger partial charge in [-0.2, -0.15) is 4.98 Å². The summed E-state index contributed by atoms with van der Waals surface area (Å²) >= 11 is 4.96. The van der Waals surface area contributed by atoms with E-state index in [-0.39, 0.29) is 17.6 Å². The molecule has 0 unspecified atom stereocenters. The van der Waals surface area contributed by atoms with Crippen LogP contribution in [0.15, 0.2) is 64.0 Å². The molecule has 1 N–H and O–H groups in total. The maximum absolute atomic E-state index is 13.7. The Morgan fingerprint density at radius 2 is 2.03 bits per heavy atom. The standard InChI is InChI=1S/C22H15BrN6O2S/c23-19-18(31-20(28-19)14-6-3-4-9-24-14)22(30)29-10-8-13-16(26-11-25-13)17(29)21-27-12-5-1-2-7-15(12)32-21/h1-7,9,11,17H,8,10H2,(H,25,26)/t17-/m0/s1. The number of hydrogen-bond acceptors (Lipinski definition) is 7. The number of para-hydroxylation sites is 1. The Morgan fingerprint density at radius 1 is 1.16 bits per heavy atom. The third-order valence-electron chi connectivity index (χ3n) is 5.39. The number of halogens is 1. The lowest BCUT2D eigenvalue weighted by atomic mass is 10.0. The van der Waals surface area contributed by atoms with E-state index < -0.39 is 6.04 Å². The van der Waals surface area contributed by atoms with Crippen LogP contribution in [0, 0.1) is 0 Å². The van der Waals surface area contributed by atoms with Crippen molar-refractivity contribution in [2.24, 2.45) is 0 Å². The highest BCUT2D eigenvalue weighted by Crippen LogP contribution is 2.39. The zero-order valence-electron chi connectivity index (χ0n) is 16.5. The van der Waals surface area contributed by atoms with Crippen LogP contribution in [0.25, 0.3) is 21.8 Å². The molecule has 1 aliphatic rings. The van der Waals surface area contributed by atoms with Gasteiger partial charge in [0.2, 0.25) is 11.7 Å². The van der Waals surface area contributed by atoms with E-state index in [0.29, 0.717) is 23.3 Å². The quantitative estimate of drug-likeness (QED) is 0.383. The second-order valence-electron chi connectivity index (χ2n) is 7.29. The predicted octanol–water partition coefficient (Wildman–Crippen LogP) is 4.62. The number of aromatic nitrogens is 5. The minimum atomic E-state index is -0.412. The van der Waals surface area contributed by atoms with Gasteiger partial charge in [-0.15, -0.1) is 11.3 Å². The molecule has 5 aromatic rings. The molecule has 4 aromatic heterocycles. The van der Waals surface area contributed by atoms with Crippen LogP contribution in [0.2, 0.25) is 0 Å². The molecule has 8 nitrogen and oxygen atoms in total. The molecule has 6 rings (SSSR count). The first-order valence-corrected chi connectivity index (χ1v) is 11.6. The Morgan fingerprint density at radius 3 is 2.88 bits per heavy atom. The van der Waals surface area contributed by atoms with Crippen molar-refractivity contribution < 1.29 is 9.21 Å². The SMILES string of the molecule is O=C(c1oc(-c2ccccn2)nc1Br)N1CCc2[nH]cnc2[C@H]1c1nc2ccccc2s1. The number of amides is 1. The molecular formula is C22H15BrN6O2S. The van der Waals surface area contributed by atoms with E-state index in [1.807, 2.05) is 36.4 Å². The number of imidazole rings is 1. The van der Waals surface area contributed by atoms with E-state index in [9.17, 15) is 4.79 Å². The van der Waals surface area contributed by atoms with Crippen LogP contribution < -0.4 is 0 Å². The molecule has 0 radical (unpaired) electrons. The lowest BCUT2D eigenvalue weighted by molar-refractivity contribution is 0.0657. The number of benzene rings is 1. The third-order valence-corrected chi connectivity index (χ3v) is 7.02. The molecule has 0 spiro atoms. The van der Waals surface area contributed by atoms with Crippen molar-refractivity contribution in [3.63, 3.8) is 0 Å². The zero-order valence-corrected chi connectivity index (χ0v) is 18.9. The molecule has 1 aromatic carbocycles. The number of nitrogens with one attached hydrogen (secondary N) is 1. The van der Waals surface area contributed by atoms with Gasteiger partial charge in [0.05, 0.1) is 22.2 Å². The summed E-state index contributed by atoms with van der Waals surface area (Å²) in [6.07, 6.45) is 3.99. The maximum atomic E-state index is 13.7. The minimum absolute atomic E-state index is 0.135. The number of H-pyrrole nitrogens is 1. The Bertz CT molecular complexity index is 1410. The van der Waals surface area contributed by atoms with Crippen LogP contribution in [0.3, 0.4) is 0 Å². The van der Waals surface area contributed by atoms with E-state index in [2.05, 4.69) is 35.9 Å². The second kappa shape index (κ2) is 7.64. The van der Waals surface area contributed by atoms with Gasteiger partial charge in [0.25, 0.3) is 5.91 Å². The zero-order chi connectivity index (χ0) is 21.7. The largest absolute Gasteiger partial charge is 0.428 e. The lowest BCUT2D eigenvalue weighted by Crippen LogP contribution is -2.40. The lowest BCUT2D eigenvalue weighted by Gasteiger charge is -2.33. The number of carbonyl (C=O) groups excluding carboxylic acids is 1. The first-order valence-electron chi connectivity index (χ1n) is 9.95. The molecule has 0 bridgehead atoms. The summed E-state index contributed by atoms with van der Waals surface area (Å²) in [4.78, 5) is 36.6. The van der Waals surface area contributed by atoms with Crippen LogP contribution in [0.1, 0.15) is 33.0 Å². The van der Waals surface area contributed by atoms with Crippen molar-refractivity contribution >= 4 is 43.4 Å². The highest BCUT2D eigenvalue weighted by atomic mass is 79.9. The predicted molar refractivity (Wildman–Crippen MR) is 122 cm³/mol. The molecule has 1 atom stereocenters.